The summed E-state index contributed by atoms with van der Waals surface area (Å²) in [6, 6.07) is 4.52. The summed E-state index contributed by atoms with van der Waals surface area (Å²) in [5.74, 6) is -2.24. The predicted octanol–water partition coefficient (Wildman–Crippen LogP) is 2.77. The van der Waals surface area contributed by atoms with Crippen LogP contribution < -0.4 is 5.73 Å². The molecule has 1 atom stereocenters. The fourth-order valence-corrected chi connectivity index (χ4v) is 1.92. The van der Waals surface area contributed by atoms with Crippen molar-refractivity contribution in [1.82, 2.24) is 0 Å². The molecule has 0 heterocycles. The van der Waals surface area contributed by atoms with Gasteiger partial charge in [0, 0.05) is 11.5 Å². The third-order valence-electron chi connectivity index (χ3n) is 2.63. The molecule has 0 aliphatic heterocycles. The van der Waals surface area contributed by atoms with Crippen molar-refractivity contribution in [3.05, 3.63) is 34.6 Å². The van der Waals surface area contributed by atoms with Crippen LogP contribution in [0.1, 0.15) is 31.7 Å². The molecule has 0 spiro atoms. The van der Waals surface area contributed by atoms with Gasteiger partial charge in [-0.25, -0.2) is 4.39 Å². The summed E-state index contributed by atoms with van der Waals surface area (Å²) in [6.45, 7) is 3.34. The molecule has 5 heteroatoms. The number of aliphatic carboxylic acids is 1. The van der Waals surface area contributed by atoms with Crippen LogP contribution in [0.4, 0.5) is 4.39 Å². The van der Waals surface area contributed by atoms with E-state index in [0.29, 0.717) is 0 Å². The Hall–Kier alpha value is -1.13. The van der Waals surface area contributed by atoms with E-state index in [1.54, 1.807) is 19.9 Å². The Kier molecular flexibility index (Phi) is 4.11. The number of halogens is 2. The van der Waals surface area contributed by atoms with Crippen molar-refractivity contribution in [2.75, 3.05) is 0 Å². The topological polar surface area (TPSA) is 63.3 Å². The largest absolute Gasteiger partial charge is 0.481 e. The van der Waals surface area contributed by atoms with Crippen molar-refractivity contribution in [2.45, 2.75) is 31.7 Å². The van der Waals surface area contributed by atoms with E-state index in [1.807, 2.05) is 0 Å². The van der Waals surface area contributed by atoms with Crippen LogP contribution in [0, 0.1) is 5.82 Å². The molecule has 0 aliphatic carbocycles. The monoisotopic (exact) mass is 259 g/mol. The molecule has 3 N–H and O–H groups in total. The molecular weight excluding hydrogens is 245 g/mol. The van der Waals surface area contributed by atoms with E-state index < -0.39 is 23.2 Å². The first-order chi connectivity index (χ1) is 7.73. The molecule has 1 unspecified atom stereocenters. The fourth-order valence-electron chi connectivity index (χ4n) is 1.74. The van der Waals surface area contributed by atoms with Crippen LogP contribution in [0.2, 0.25) is 5.02 Å². The average Bonchev–Trinajstić information content (AvgIpc) is 2.17. The third-order valence-corrected chi connectivity index (χ3v) is 2.93. The van der Waals surface area contributed by atoms with Gasteiger partial charge in [-0.3, -0.25) is 4.79 Å². The zero-order valence-corrected chi connectivity index (χ0v) is 10.5. The average molecular weight is 260 g/mol. The van der Waals surface area contributed by atoms with Crippen molar-refractivity contribution in [2.24, 2.45) is 5.73 Å². The van der Waals surface area contributed by atoms with Crippen LogP contribution in [-0.4, -0.2) is 16.6 Å². The molecule has 94 valence electrons. The van der Waals surface area contributed by atoms with Gasteiger partial charge in [-0.2, -0.15) is 0 Å². The van der Waals surface area contributed by atoms with Crippen LogP contribution in [0.5, 0.6) is 0 Å². The lowest BCUT2D eigenvalue weighted by atomic mass is 9.80. The van der Waals surface area contributed by atoms with E-state index >= 15 is 0 Å². The fraction of sp³-hybridized carbons (Fsp3) is 0.417. The van der Waals surface area contributed by atoms with E-state index in [0.717, 1.165) is 0 Å². The van der Waals surface area contributed by atoms with Gasteiger partial charge in [0.05, 0.1) is 11.4 Å². The minimum Gasteiger partial charge on any atom is -0.481 e. The van der Waals surface area contributed by atoms with Crippen molar-refractivity contribution in [3.8, 4) is 0 Å². The zero-order chi connectivity index (χ0) is 13.2. The van der Waals surface area contributed by atoms with Crippen molar-refractivity contribution in [3.63, 3.8) is 0 Å². The van der Waals surface area contributed by atoms with E-state index in [9.17, 15) is 9.18 Å². The van der Waals surface area contributed by atoms with Crippen molar-refractivity contribution < 1.29 is 14.3 Å². The standard InChI is InChI=1S/C12H15ClFNO2/c1-12(2,15)8(6-10(16)17)7-4-3-5-9(13)11(7)14/h3-5,8H,6,15H2,1-2H3,(H,16,17). The number of hydrogen-bond acceptors (Lipinski definition) is 2. The molecule has 0 radical (unpaired) electrons. The van der Waals surface area contributed by atoms with Crippen LogP contribution in [-0.2, 0) is 4.79 Å². The molecule has 3 nitrogen and oxygen atoms in total. The summed E-state index contributed by atoms with van der Waals surface area (Å²) in [7, 11) is 0. The molecule has 0 aromatic heterocycles. The Balaban J connectivity index is 3.22. The lowest BCUT2D eigenvalue weighted by Crippen LogP contribution is -2.40. The Morgan fingerprint density at radius 3 is 2.65 bits per heavy atom. The van der Waals surface area contributed by atoms with Gasteiger partial charge in [-0.15, -0.1) is 0 Å². The van der Waals surface area contributed by atoms with Crippen molar-refractivity contribution >= 4 is 17.6 Å². The maximum Gasteiger partial charge on any atom is 0.304 e. The molecule has 0 saturated heterocycles. The third kappa shape index (κ3) is 3.41. The highest BCUT2D eigenvalue weighted by Crippen LogP contribution is 2.33. The van der Waals surface area contributed by atoms with E-state index in [2.05, 4.69) is 0 Å². The van der Waals surface area contributed by atoms with Gasteiger partial charge < -0.3 is 10.8 Å². The smallest absolute Gasteiger partial charge is 0.304 e. The number of benzene rings is 1. The number of carboxylic acids is 1. The van der Waals surface area contributed by atoms with E-state index in [1.165, 1.54) is 12.1 Å². The van der Waals surface area contributed by atoms with Crippen LogP contribution in [0.15, 0.2) is 18.2 Å². The summed E-state index contributed by atoms with van der Waals surface area (Å²) >= 11 is 5.68. The molecule has 17 heavy (non-hydrogen) atoms. The van der Waals surface area contributed by atoms with Gasteiger partial charge >= 0.3 is 5.97 Å². The highest BCUT2D eigenvalue weighted by molar-refractivity contribution is 6.30. The molecule has 0 aliphatic rings. The van der Waals surface area contributed by atoms with Gasteiger partial charge in [-0.05, 0) is 25.5 Å². The summed E-state index contributed by atoms with van der Waals surface area (Å²) in [4.78, 5) is 10.8. The molecule has 0 amide bonds. The maximum absolute atomic E-state index is 13.9. The van der Waals surface area contributed by atoms with Crippen LogP contribution >= 0.6 is 11.6 Å². The normalized spacial score (nSPS) is 13.5. The maximum atomic E-state index is 13.9. The molecule has 0 bridgehead atoms. The second kappa shape index (κ2) is 5.02. The Morgan fingerprint density at radius 1 is 1.59 bits per heavy atom. The lowest BCUT2D eigenvalue weighted by Gasteiger charge is -2.30. The second-order valence-electron chi connectivity index (χ2n) is 4.61. The Morgan fingerprint density at radius 2 is 2.18 bits per heavy atom. The van der Waals surface area contributed by atoms with Gasteiger partial charge in [-0.1, -0.05) is 23.7 Å². The van der Waals surface area contributed by atoms with Gasteiger partial charge in [0.1, 0.15) is 5.82 Å². The number of hydrogen-bond donors (Lipinski definition) is 2. The predicted molar refractivity (Wildman–Crippen MR) is 64.7 cm³/mol. The summed E-state index contributed by atoms with van der Waals surface area (Å²) < 4.78 is 13.9. The first kappa shape index (κ1) is 13.9. The molecule has 1 rings (SSSR count). The van der Waals surface area contributed by atoms with Crippen LogP contribution in [0.25, 0.3) is 0 Å². The number of rotatable bonds is 4. The summed E-state index contributed by atoms with van der Waals surface area (Å²) in [5.41, 5.74) is 5.31. The SMILES string of the molecule is CC(C)(N)C(CC(=O)O)c1cccc(Cl)c1F. The van der Waals surface area contributed by atoms with Gasteiger partial charge in [0.15, 0.2) is 0 Å². The first-order valence-corrected chi connectivity index (χ1v) is 5.56. The minimum atomic E-state index is -1.02. The van der Waals surface area contributed by atoms with Crippen molar-refractivity contribution in [1.29, 1.82) is 0 Å². The number of nitrogens with two attached hydrogens (primary N) is 1. The molecule has 0 saturated carbocycles. The molecular formula is C12H15ClFNO2. The molecule has 1 aromatic carbocycles. The summed E-state index contributed by atoms with van der Waals surface area (Å²) in [6.07, 6.45) is -0.235. The zero-order valence-electron chi connectivity index (χ0n) is 9.71. The Labute approximate surface area is 104 Å². The van der Waals surface area contributed by atoms with Gasteiger partial charge in [0.2, 0.25) is 0 Å². The lowest BCUT2D eigenvalue weighted by molar-refractivity contribution is -0.137. The molecule has 0 fully saturated rings. The first-order valence-electron chi connectivity index (χ1n) is 5.18. The highest BCUT2D eigenvalue weighted by atomic mass is 35.5. The quantitative estimate of drug-likeness (QED) is 0.874. The summed E-state index contributed by atoms with van der Waals surface area (Å²) in [5, 5.41) is 8.83. The Bertz CT molecular complexity index is 429. The van der Waals surface area contributed by atoms with Crippen LogP contribution in [0.3, 0.4) is 0 Å². The second-order valence-corrected chi connectivity index (χ2v) is 5.02. The number of carbonyl (C=O) groups is 1. The number of carboxylic acid groups (broad SMARTS) is 1. The minimum absolute atomic E-state index is 0.0258. The van der Waals surface area contributed by atoms with E-state index in [4.69, 9.17) is 22.4 Å². The molecule has 1 aromatic rings. The van der Waals surface area contributed by atoms with Gasteiger partial charge in [0.25, 0.3) is 0 Å². The highest BCUT2D eigenvalue weighted by Gasteiger charge is 2.31. The van der Waals surface area contributed by atoms with E-state index in [-0.39, 0.29) is 17.0 Å².